The van der Waals surface area contributed by atoms with Gasteiger partial charge in [0, 0.05) is 27.5 Å². The van der Waals surface area contributed by atoms with Crippen LogP contribution in [0.15, 0.2) is 30.4 Å². The SMILES string of the molecule is C=C(C)C(=O)Oc1c2c(c(O)c3cc(C)ccc13)CCC(CC)C2. The van der Waals surface area contributed by atoms with Crippen LogP contribution in [0.4, 0.5) is 0 Å². The molecule has 2 aromatic carbocycles. The van der Waals surface area contributed by atoms with Crippen molar-refractivity contribution in [3.8, 4) is 11.5 Å². The molecule has 3 rings (SSSR count). The van der Waals surface area contributed by atoms with Crippen LogP contribution in [-0.2, 0) is 17.6 Å². The highest BCUT2D eigenvalue weighted by molar-refractivity contribution is 5.99. The van der Waals surface area contributed by atoms with Crippen molar-refractivity contribution in [1.29, 1.82) is 0 Å². The van der Waals surface area contributed by atoms with E-state index in [0.29, 0.717) is 23.0 Å². The fraction of sp³-hybridized carbons (Fsp3) is 0.381. The lowest BCUT2D eigenvalue weighted by Crippen LogP contribution is -2.17. The van der Waals surface area contributed by atoms with Gasteiger partial charge in [0.1, 0.15) is 11.5 Å². The van der Waals surface area contributed by atoms with Gasteiger partial charge in [-0.3, -0.25) is 0 Å². The lowest BCUT2D eigenvalue weighted by atomic mass is 9.80. The third kappa shape index (κ3) is 2.79. The second-order valence-electron chi connectivity index (χ2n) is 6.87. The molecule has 2 aromatic rings. The molecular weight excluding hydrogens is 300 g/mol. The zero-order valence-corrected chi connectivity index (χ0v) is 14.6. The van der Waals surface area contributed by atoms with Gasteiger partial charge in [0.15, 0.2) is 0 Å². The maximum absolute atomic E-state index is 12.2. The Balaban J connectivity index is 2.27. The number of fused-ring (bicyclic) bond motifs is 2. The van der Waals surface area contributed by atoms with E-state index in [4.69, 9.17) is 4.74 Å². The van der Waals surface area contributed by atoms with E-state index in [0.717, 1.165) is 53.1 Å². The fourth-order valence-electron chi connectivity index (χ4n) is 3.53. The number of phenolic OH excluding ortho intramolecular Hbond substituents is 1. The highest BCUT2D eigenvalue weighted by atomic mass is 16.5. The quantitative estimate of drug-likeness (QED) is 0.499. The van der Waals surface area contributed by atoms with Crippen LogP contribution in [0, 0.1) is 12.8 Å². The van der Waals surface area contributed by atoms with Gasteiger partial charge < -0.3 is 9.84 Å². The van der Waals surface area contributed by atoms with Crippen LogP contribution in [-0.4, -0.2) is 11.1 Å². The number of hydrogen-bond acceptors (Lipinski definition) is 3. The molecule has 0 fully saturated rings. The van der Waals surface area contributed by atoms with E-state index < -0.39 is 5.97 Å². The van der Waals surface area contributed by atoms with Gasteiger partial charge in [-0.2, -0.15) is 0 Å². The Kier molecular flexibility index (Phi) is 4.35. The maximum atomic E-state index is 12.2. The molecule has 1 atom stereocenters. The lowest BCUT2D eigenvalue weighted by Gasteiger charge is -2.27. The molecule has 3 heteroatoms. The number of esters is 1. The molecule has 0 amide bonds. The molecule has 1 unspecified atom stereocenters. The van der Waals surface area contributed by atoms with Crippen LogP contribution in [0.5, 0.6) is 11.5 Å². The maximum Gasteiger partial charge on any atom is 0.338 e. The van der Waals surface area contributed by atoms with Crippen LogP contribution in [0.2, 0.25) is 0 Å². The summed E-state index contributed by atoms with van der Waals surface area (Å²) in [5, 5.41) is 12.3. The largest absolute Gasteiger partial charge is 0.507 e. The number of rotatable bonds is 3. The van der Waals surface area contributed by atoms with Crippen LogP contribution in [0.1, 0.15) is 43.4 Å². The second-order valence-corrected chi connectivity index (χ2v) is 6.87. The minimum absolute atomic E-state index is 0.341. The molecule has 0 radical (unpaired) electrons. The highest BCUT2D eigenvalue weighted by Gasteiger charge is 2.27. The summed E-state index contributed by atoms with van der Waals surface area (Å²) in [6, 6.07) is 5.86. The minimum Gasteiger partial charge on any atom is -0.507 e. The van der Waals surface area contributed by atoms with E-state index >= 15 is 0 Å². The highest BCUT2D eigenvalue weighted by Crippen LogP contribution is 2.45. The summed E-state index contributed by atoms with van der Waals surface area (Å²) >= 11 is 0. The van der Waals surface area contributed by atoms with Gasteiger partial charge in [0.25, 0.3) is 0 Å². The molecule has 126 valence electrons. The van der Waals surface area contributed by atoms with E-state index in [1.165, 1.54) is 0 Å². The summed E-state index contributed by atoms with van der Waals surface area (Å²) in [5.41, 5.74) is 3.36. The molecule has 0 heterocycles. The van der Waals surface area contributed by atoms with Crippen molar-refractivity contribution in [3.63, 3.8) is 0 Å². The van der Waals surface area contributed by atoms with Gasteiger partial charge in [-0.1, -0.05) is 37.6 Å². The van der Waals surface area contributed by atoms with E-state index in [1.54, 1.807) is 6.92 Å². The molecule has 0 saturated heterocycles. The molecule has 1 N–H and O–H groups in total. The normalized spacial score (nSPS) is 16.7. The number of hydrogen-bond donors (Lipinski definition) is 1. The van der Waals surface area contributed by atoms with E-state index in [9.17, 15) is 9.90 Å². The summed E-state index contributed by atoms with van der Waals surface area (Å²) < 4.78 is 5.73. The Morgan fingerprint density at radius 1 is 1.33 bits per heavy atom. The fourth-order valence-corrected chi connectivity index (χ4v) is 3.53. The smallest absolute Gasteiger partial charge is 0.338 e. The molecule has 1 aliphatic rings. The Bertz CT molecular complexity index is 833. The predicted octanol–water partition coefficient (Wildman–Crippen LogP) is 4.85. The molecule has 0 aliphatic heterocycles. The number of carbonyl (C=O) groups excluding carboxylic acids is 1. The van der Waals surface area contributed by atoms with E-state index in [1.807, 2.05) is 25.1 Å². The lowest BCUT2D eigenvalue weighted by molar-refractivity contribution is -0.130. The second kappa shape index (κ2) is 6.31. The first kappa shape index (κ1) is 16.6. The number of carbonyl (C=O) groups is 1. The number of aryl methyl sites for hydroxylation is 1. The van der Waals surface area contributed by atoms with Gasteiger partial charge in [-0.25, -0.2) is 4.79 Å². The van der Waals surface area contributed by atoms with E-state index in [2.05, 4.69) is 13.5 Å². The first-order valence-electron chi connectivity index (χ1n) is 8.57. The van der Waals surface area contributed by atoms with Gasteiger partial charge in [-0.05, 0) is 45.1 Å². The predicted molar refractivity (Wildman–Crippen MR) is 96.6 cm³/mol. The Morgan fingerprint density at radius 2 is 2.08 bits per heavy atom. The summed E-state index contributed by atoms with van der Waals surface area (Å²) in [7, 11) is 0. The van der Waals surface area contributed by atoms with Gasteiger partial charge >= 0.3 is 5.97 Å². The van der Waals surface area contributed by atoms with E-state index in [-0.39, 0.29) is 0 Å². The number of aromatic hydroxyl groups is 1. The Morgan fingerprint density at radius 3 is 2.75 bits per heavy atom. The van der Waals surface area contributed by atoms with Crippen LogP contribution >= 0.6 is 0 Å². The number of benzene rings is 2. The van der Waals surface area contributed by atoms with Gasteiger partial charge in [0.2, 0.25) is 0 Å². The minimum atomic E-state index is -0.414. The Hall–Kier alpha value is -2.29. The Labute approximate surface area is 143 Å². The average Bonchev–Trinajstić information content (AvgIpc) is 2.57. The monoisotopic (exact) mass is 324 g/mol. The summed E-state index contributed by atoms with van der Waals surface area (Å²) in [6.07, 6.45) is 3.80. The first-order valence-corrected chi connectivity index (χ1v) is 8.57. The summed E-state index contributed by atoms with van der Waals surface area (Å²) in [4.78, 5) is 12.2. The molecule has 0 spiro atoms. The third-order valence-corrected chi connectivity index (χ3v) is 5.01. The van der Waals surface area contributed by atoms with Crippen molar-refractivity contribution in [2.45, 2.75) is 46.5 Å². The molecule has 24 heavy (non-hydrogen) atoms. The van der Waals surface area contributed by atoms with Crippen molar-refractivity contribution in [2.75, 3.05) is 0 Å². The van der Waals surface area contributed by atoms with Crippen molar-refractivity contribution in [2.24, 2.45) is 5.92 Å². The van der Waals surface area contributed by atoms with Crippen molar-refractivity contribution in [1.82, 2.24) is 0 Å². The zero-order valence-electron chi connectivity index (χ0n) is 14.6. The summed E-state index contributed by atoms with van der Waals surface area (Å²) in [5.74, 6) is 1.09. The van der Waals surface area contributed by atoms with Crippen LogP contribution in [0.25, 0.3) is 10.8 Å². The molecule has 0 bridgehead atoms. The molecule has 1 aliphatic carbocycles. The first-order chi connectivity index (χ1) is 11.4. The molecule has 0 aromatic heterocycles. The third-order valence-electron chi connectivity index (χ3n) is 5.01. The average molecular weight is 324 g/mol. The number of phenols is 1. The van der Waals surface area contributed by atoms with Crippen LogP contribution < -0.4 is 4.74 Å². The number of ether oxygens (including phenoxy) is 1. The summed E-state index contributed by atoms with van der Waals surface area (Å²) in [6.45, 7) is 9.50. The van der Waals surface area contributed by atoms with Crippen LogP contribution in [0.3, 0.4) is 0 Å². The molecular formula is C21H24O3. The van der Waals surface area contributed by atoms with Crippen molar-refractivity contribution >= 4 is 16.7 Å². The molecule has 3 nitrogen and oxygen atoms in total. The van der Waals surface area contributed by atoms with Crippen molar-refractivity contribution in [3.05, 3.63) is 47.0 Å². The molecule has 0 saturated carbocycles. The van der Waals surface area contributed by atoms with Crippen molar-refractivity contribution < 1.29 is 14.6 Å². The topological polar surface area (TPSA) is 46.5 Å². The van der Waals surface area contributed by atoms with Gasteiger partial charge in [-0.15, -0.1) is 0 Å². The zero-order chi connectivity index (χ0) is 17.4. The van der Waals surface area contributed by atoms with Gasteiger partial charge in [0.05, 0.1) is 0 Å². The standard InChI is InChI=1S/C21H24O3/c1-5-14-7-9-15-18(11-14)20(24-21(23)12(2)3)16-8-6-13(4)10-17(16)19(15)22/h6,8,10,14,22H,2,5,7,9,11H2,1,3-4H3.